The predicted molar refractivity (Wildman–Crippen MR) is 74.4 cm³/mol. The average molecular weight is 361 g/mol. The number of halogens is 3. The van der Waals surface area contributed by atoms with Gasteiger partial charge in [-0.15, -0.1) is 5.10 Å². The van der Waals surface area contributed by atoms with Crippen LogP contribution in [0.2, 0.25) is 0 Å². The molecule has 1 unspecified atom stereocenters. The van der Waals surface area contributed by atoms with E-state index in [0.717, 1.165) is 6.20 Å². The highest BCUT2D eigenvalue weighted by Gasteiger charge is 2.36. The van der Waals surface area contributed by atoms with Crippen molar-refractivity contribution >= 4 is 5.69 Å². The first kappa shape index (κ1) is 17.3. The highest BCUT2D eigenvalue weighted by atomic mass is 19.4. The highest BCUT2D eigenvalue weighted by Crippen LogP contribution is 2.33. The second kappa shape index (κ2) is 6.74. The summed E-state index contributed by atoms with van der Waals surface area (Å²) in [6.07, 6.45) is -1.17. The number of hydrogen-bond donors (Lipinski definition) is 0. The molecule has 2 aromatic rings. The number of nitro groups is 1. The lowest BCUT2D eigenvalue weighted by atomic mass is 9.91. The summed E-state index contributed by atoms with van der Waals surface area (Å²) in [6, 6.07) is -0.755. The van der Waals surface area contributed by atoms with E-state index in [4.69, 9.17) is 4.74 Å². The number of ether oxygens (including phenoxy) is 1. The average Bonchev–Trinajstić information content (AvgIpc) is 3.18. The van der Waals surface area contributed by atoms with Crippen molar-refractivity contribution in [3.05, 3.63) is 28.3 Å². The van der Waals surface area contributed by atoms with Crippen molar-refractivity contribution < 1.29 is 22.8 Å². The molecule has 1 fully saturated rings. The van der Waals surface area contributed by atoms with Gasteiger partial charge in [0.25, 0.3) is 0 Å². The van der Waals surface area contributed by atoms with Crippen LogP contribution in [0.1, 0.15) is 24.7 Å². The molecule has 10 nitrogen and oxygen atoms in total. The Balaban J connectivity index is 1.99. The molecule has 3 rings (SSSR count). The fourth-order valence-electron chi connectivity index (χ4n) is 2.86. The molecular weight excluding hydrogens is 347 g/mol. The fourth-order valence-corrected chi connectivity index (χ4v) is 2.86. The van der Waals surface area contributed by atoms with Crippen molar-refractivity contribution in [1.82, 2.24) is 30.0 Å². The van der Waals surface area contributed by atoms with E-state index in [9.17, 15) is 23.3 Å². The molecule has 0 amide bonds. The highest BCUT2D eigenvalue weighted by molar-refractivity contribution is 5.22. The predicted octanol–water partition coefficient (Wildman–Crippen LogP) is 1.36. The number of hydrogen-bond acceptors (Lipinski definition) is 7. The molecule has 1 saturated heterocycles. The van der Waals surface area contributed by atoms with Gasteiger partial charge in [-0.1, -0.05) is 0 Å². The third-order valence-electron chi connectivity index (χ3n) is 3.95. The molecule has 0 saturated carbocycles. The van der Waals surface area contributed by atoms with Crippen molar-refractivity contribution in [3.63, 3.8) is 0 Å². The first-order chi connectivity index (χ1) is 11.8. The molecule has 1 atom stereocenters. The molecular formula is C12H14F3N7O3. The maximum Gasteiger partial charge on any atom is 0.408 e. The summed E-state index contributed by atoms with van der Waals surface area (Å²) in [4.78, 5) is 10.3. The zero-order valence-electron chi connectivity index (χ0n) is 12.8. The maximum atomic E-state index is 12.8. The topological polar surface area (TPSA) is 114 Å². The fraction of sp³-hybridized carbons (Fsp3) is 0.667. The Morgan fingerprint density at radius 3 is 2.72 bits per heavy atom. The van der Waals surface area contributed by atoms with Crippen LogP contribution in [0.25, 0.3) is 0 Å². The minimum absolute atomic E-state index is 0.0396. The molecule has 0 spiro atoms. The number of tetrazole rings is 1. The minimum Gasteiger partial charge on any atom is -0.381 e. The molecule has 3 heterocycles. The third kappa shape index (κ3) is 3.92. The van der Waals surface area contributed by atoms with Gasteiger partial charge in [0.05, 0.1) is 4.92 Å². The summed E-state index contributed by atoms with van der Waals surface area (Å²) in [7, 11) is 0. The monoisotopic (exact) mass is 361 g/mol. The smallest absolute Gasteiger partial charge is 0.381 e. The molecule has 0 aromatic carbocycles. The van der Waals surface area contributed by atoms with E-state index in [1.807, 2.05) is 0 Å². The summed E-state index contributed by atoms with van der Waals surface area (Å²) in [5.74, 6) is -0.200. The van der Waals surface area contributed by atoms with Gasteiger partial charge in [-0.2, -0.15) is 18.3 Å². The maximum absolute atomic E-state index is 12.8. The molecule has 2 aromatic heterocycles. The van der Waals surface area contributed by atoms with Gasteiger partial charge in [-0.3, -0.25) is 14.8 Å². The Morgan fingerprint density at radius 1 is 1.40 bits per heavy atom. The van der Waals surface area contributed by atoms with E-state index >= 15 is 0 Å². The Morgan fingerprint density at radius 2 is 2.12 bits per heavy atom. The minimum atomic E-state index is -4.50. The second-order valence-electron chi connectivity index (χ2n) is 5.64. The van der Waals surface area contributed by atoms with Crippen molar-refractivity contribution in [2.75, 3.05) is 13.2 Å². The number of alkyl halides is 3. The summed E-state index contributed by atoms with van der Waals surface area (Å²) in [5, 5.41) is 25.3. The van der Waals surface area contributed by atoms with Crippen molar-refractivity contribution in [1.29, 1.82) is 0 Å². The van der Waals surface area contributed by atoms with E-state index in [0.29, 0.717) is 30.7 Å². The van der Waals surface area contributed by atoms with E-state index in [2.05, 4.69) is 20.6 Å². The van der Waals surface area contributed by atoms with Crippen LogP contribution in [-0.4, -0.2) is 54.3 Å². The van der Waals surface area contributed by atoms with Crippen LogP contribution < -0.4 is 0 Å². The van der Waals surface area contributed by atoms with Gasteiger partial charge in [-0.05, 0) is 29.2 Å². The summed E-state index contributed by atoms with van der Waals surface area (Å²) >= 11 is 0. The lowest BCUT2D eigenvalue weighted by molar-refractivity contribution is -0.385. The molecule has 0 N–H and O–H groups in total. The molecule has 13 heteroatoms. The molecule has 136 valence electrons. The van der Waals surface area contributed by atoms with Crippen LogP contribution in [0, 0.1) is 16.0 Å². The first-order valence-electron chi connectivity index (χ1n) is 7.44. The van der Waals surface area contributed by atoms with Gasteiger partial charge in [-0.25, -0.2) is 4.68 Å². The van der Waals surface area contributed by atoms with E-state index < -0.39 is 23.7 Å². The van der Waals surface area contributed by atoms with Gasteiger partial charge in [0.15, 0.2) is 5.82 Å². The lowest BCUT2D eigenvalue weighted by Crippen LogP contribution is -2.31. The quantitative estimate of drug-likeness (QED) is 0.583. The van der Waals surface area contributed by atoms with Crippen molar-refractivity contribution in [2.24, 2.45) is 5.92 Å². The summed E-state index contributed by atoms with van der Waals surface area (Å²) in [6.45, 7) is -0.477. The van der Waals surface area contributed by atoms with Crippen molar-refractivity contribution in [3.8, 4) is 0 Å². The van der Waals surface area contributed by atoms with Crippen LogP contribution in [0.4, 0.5) is 18.9 Å². The molecule has 1 aliphatic heterocycles. The van der Waals surface area contributed by atoms with Gasteiger partial charge >= 0.3 is 11.9 Å². The summed E-state index contributed by atoms with van der Waals surface area (Å²) < 4.78 is 45.5. The number of aromatic nitrogens is 6. The first-order valence-corrected chi connectivity index (χ1v) is 7.44. The van der Waals surface area contributed by atoms with E-state index in [1.54, 1.807) is 0 Å². The van der Waals surface area contributed by atoms with Crippen LogP contribution in [0.3, 0.4) is 0 Å². The van der Waals surface area contributed by atoms with Gasteiger partial charge in [0, 0.05) is 13.2 Å². The molecule has 25 heavy (non-hydrogen) atoms. The van der Waals surface area contributed by atoms with E-state index in [-0.39, 0.29) is 17.4 Å². The van der Waals surface area contributed by atoms with Crippen LogP contribution >= 0.6 is 0 Å². The largest absolute Gasteiger partial charge is 0.408 e. The Kier molecular flexibility index (Phi) is 4.65. The standard InChI is InChI=1S/C12H14F3N7O3/c13-12(14,15)7-21-11(17-18-19-21)10(8-1-3-25-4-2-8)20-6-9(5-16-20)22(23)24/h5-6,8,10H,1-4,7H2. The van der Waals surface area contributed by atoms with Gasteiger partial charge in [0.2, 0.25) is 0 Å². The number of rotatable bonds is 5. The Bertz CT molecular complexity index is 738. The zero-order valence-corrected chi connectivity index (χ0v) is 12.8. The normalized spacial score (nSPS) is 17.6. The Hall–Kier alpha value is -2.57. The summed E-state index contributed by atoms with van der Waals surface area (Å²) in [5.41, 5.74) is -0.257. The SMILES string of the molecule is O=[N+]([O-])c1cnn(C(c2nnnn2CC(F)(F)F)C2CCOCC2)c1. The van der Waals surface area contributed by atoms with Crippen LogP contribution in [0.15, 0.2) is 12.4 Å². The lowest BCUT2D eigenvalue weighted by Gasteiger charge is -2.29. The second-order valence-corrected chi connectivity index (χ2v) is 5.64. The van der Waals surface area contributed by atoms with E-state index in [1.165, 1.54) is 10.9 Å². The number of nitrogens with zero attached hydrogens (tertiary/aromatic N) is 7. The molecule has 0 aliphatic carbocycles. The third-order valence-corrected chi connectivity index (χ3v) is 3.95. The molecule has 0 radical (unpaired) electrons. The van der Waals surface area contributed by atoms with Crippen LogP contribution in [-0.2, 0) is 11.3 Å². The molecule has 0 bridgehead atoms. The Labute approximate surface area is 138 Å². The van der Waals surface area contributed by atoms with Crippen LogP contribution in [0.5, 0.6) is 0 Å². The molecule has 1 aliphatic rings. The van der Waals surface area contributed by atoms with Gasteiger partial charge < -0.3 is 4.74 Å². The van der Waals surface area contributed by atoms with Crippen molar-refractivity contribution in [2.45, 2.75) is 31.6 Å². The zero-order chi connectivity index (χ0) is 18.0. The van der Waals surface area contributed by atoms with Gasteiger partial charge in [0.1, 0.15) is 25.0 Å².